The fraction of sp³-hybridized carbons (Fsp3) is 1.00. The smallest absolute Gasteiger partial charge is 0.0357 e. The first-order valence-corrected chi connectivity index (χ1v) is 10.3. The molecular weight excluding hydrogens is 252 g/mol. The lowest BCUT2D eigenvalue weighted by Crippen LogP contribution is -2.20. The maximum absolute atomic E-state index is 2.59. The lowest BCUT2D eigenvalue weighted by Gasteiger charge is -2.30. The van der Waals surface area contributed by atoms with Crippen LogP contribution in [0.2, 0.25) is 0 Å². The molecule has 3 atom stereocenters. The summed E-state index contributed by atoms with van der Waals surface area (Å²) >= 11 is 0. The Labute approximate surface area is 133 Å². The number of hydrogen-bond donors (Lipinski definition) is 0. The molecule has 21 heavy (non-hydrogen) atoms. The summed E-state index contributed by atoms with van der Waals surface area (Å²) in [6.45, 7) is 2.59. The minimum absolute atomic E-state index is 1.03. The molecule has 0 bridgehead atoms. The molecule has 0 aliphatic heterocycles. The highest BCUT2D eigenvalue weighted by Gasteiger charge is 2.39. The van der Waals surface area contributed by atoms with Crippen LogP contribution >= 0.6 is 0 Å². The van der Waals surface area contributed by atoms with Gasteiger partial charge >= 0.3 is 0 Å². The van der Waals surface area contributed by atoms with Gasteiger partial charge in [0.15, 0.2) is 0 Å². The molecule has 0 radical (unpaired) electrons. The number of rotatable bonds is 2. The molecule has 0 saturated heterocycles. The first-order valence-electron chi connectivity index (χ1n) is 10.3. The van der Waals surface area contributed by atoms with Crippen molar-refractivity contribution in [2.75, 3.05) is 0 Å². The van der Waals surface area contributed by atoms with Crippen LogP contribution in [0.1, 0.15) is 103 Å². The normalized spacial score (nSPS) is 37.9. The lowest BCUT2D eigenvalue weighted by molar-refractivity contribution is 0.203. The van der Waals surface area contributed by atoms with E-state index < -0.39 is 0 Å². The topological polar surface area (TPSA) is 0 Å². The Balaban J connectivity index is 1.55. The Kier molecular flexibility index (Phi) is 6.07. The highest BCUT2D eigenvalue weighted by atomic mass is 14.4. The van der Waals surface area contributed by atoms with Crippen molar-refractivity contribution in [3.8, 4) is 0 Å². The molecule has 0 nitrogen and oxygen atoms in total. The quantitative estimate of drug-likeness (QED) is 0.514. The zero-order chi connectivity index (χ0) is 14.5. The van der Waals surface area contributed by atoms with Crippen LogP contribution in [0, 0.1) is 29.6 Å². The van der Waals surface area contributed by atoms with E-state index in [1.807, 2.05) is 0 Å². The van der Waals surface area contributed by atoms with Crippen LogP contribution < -0.4 is 0 Å². The molecule has 3 unspecified atom stereocenters. The minimum atomic E-state index is 1.03. The zero-order valence-corrected chi connectivity index (χ0v) is 14.5. The van der Waals surface area contributed by atoms with E-state index in [4.69, 9.17) is 0 Å². The first kappa shape index (κ1) is 15.9. The molecule has 3 rings (SSSR count). The molecule has 122 valence electrons. The number of hydrogen-bond acceptors (Lipinski definition) is 0. The summed E-state index contributed by atoms with van der Waals surface area (Å²) in [7, 11) is 0. The van der Waals surface area contributed by atoms with E-state index in [0.717, 1.165) is 29.6 Å². The summed E-state index contributed by atoms with van der Waals surface area (Å²) in [5.74, 6) is 5.44. The molecule has 3 aliphatic rings. The van der Waals surface area contributed by atoms with Gasteiger partial charge < -0.3 is 0 Å². The average molecular weight is 291 g/mol. The van der Waals surface area contributed by atoms with Gasteiger partial charge in [-0.1, -0.05) is 90.4 Å². The summed E-state index contributed by atoms with van der Waals surface area (Å²) in [5.41, 5.74) is 0. The van der Waals surface area contributed by atoms with Crippen LogP contribution in [0.15, 0.2) is 0 Å². The molecule has 0 aromatic heterocycles. The average Bonchev–Trinajstić information content (AvgIpc) is 2.95. The van der Waals surface area contributed by atoms with Crippen LogP contribution in [-0.4, -0.2) is 0 Å². The maximum atomic E-state index is 2.59. The molecule has 3 fully saturated rings. The zero-order valence-electron chi connectivity index (χ0n) is 14.5. The molecule has 0 aromatic rings. The van der Waals surface area contributed by atoms with Crippen molar-refractivity contribution in [2.24, 2.45) is 29.6 Å². The van der Waals surface area contributed by atoms with Crippen molar-refractivity contribution in [1.82, 2.24) is 0 Å². The molecule has 0 heteroatoms. The molecule has 3 saturated carbocycles. The third kappa shape index (κ3) is 4.26. The van der Waals surface area contributed by atoms with Crippen LogP contribution in [0.3, 0.4) is 0 Å². The first-order chi connectivity index (χ1) is 10.3. The summed E-state index contributed by atoms with van der Waals surface area (Å²) in [4.78, 5) is 0. The van der Waals surface area contributed by atoms with E-state index >= 15 is 0 Å². The molecule has 0 N–H and O–H groups in total. The molecule has 0 heterocycles. The summed E-state index contributed by atoms with van der Waals surface area (Å²) in [5, 5.41) is 0. The van der Waals surface area contributed by atoms with Gasteiger partial charge in [-0.15, -0.1) is 0 Å². The lowest BCUT2D eigenvalue weighted by atomic mass is 9.75. The van der Waals surface area contributed by atoms with Gasteiger partial charge in [-0.05, 0) is 42.4 Å². The van der Waals surface area contributed by atoms with Gasteiger partial charge in [0, 0.05) is 0 Å². The molecule has 0 amide bonds. The predicted octanol–water partition coefficient (Wildman–Crippen LogP) is 6.98. The Hall–Kier alpha value is 0. The van der Waals surface area contributed by atoms with Crippen molar-refractivity contribution in [1.29, 1.82) is 0 Å². The Morgan fingerprint density at radius 1 is 0.476 bits per heavy atom. The Bertz CT molecular complexity index is 278. The highest BCUT2D eigenvalue weighted by Crippen LogP contribution is 2.49. The second kappa shape index (κ2) is 8.02. The van der Waals surface area contributed by atoms with E-state index in [0.29, 0.717) is 0 Å². The highest BCUT2D eigenvalue weighted by molar-refractivity contribution is 4.89. The van der Waals surface area contributed by atoms with E-state index in [2.05, 4.69) is 6.92 Å². The monoisotopic (exact) mass is 290 g/mol. The van der Waals surface area contributed by atoms with Gasteiger partial charge in [0.05, 0.1) is 0 Å². The minimum Gasteiger partial charge on any atom is -0.0622 e. The van der Waals surface area contributed by atoms with Gasteiger partial charge in [0.1, 0.15) is 0 Å². The van der Waals surface area contributed by atoms with E-state index in [-0.39, 0.29) is 0 Å². The van der Waals surface area contributed by atoms with Gasteiger partial charge in [0.2, 0.25) is 0 Å². The van der Waals surface area contributed by atoms with E-state index in [1.165, 1.54) is 57.8 Å². The third-order valence-corrected chi connectivity index (χ3v) is 7.30. The standard InChI is InChI=1S/C21H38/c1-17-15-20(16-21(17)19-13-9-6-10-14-19)18-11-7-4-2-3-5-8-12-18/h17-21H,2-16H2,1H3. The van der Waals surface area contributed by atoms with Crippen molar-refractivity contribution >= 4 is 0 Å². The van der Waals surface area contributed by atoms with E-state index in [9.17, 15) is 0 Å². The van der Waals surface area contributed by atoms with Crippen LogP contribution in [0.25, 0.3) is 0 Å². The molecule has 3 aliphatic carbocycles. The molecule has 0 aromatic carbocycles. The summed E-state index contributed by atoms with van der Waals surface area (Å²) in [6.07, 6.45) is 23.1. The predicted molar refractivity (Wildman–Crippen MR) is 92.4 cm³/mol. The summed E-state index contributed by atoms with van der Waals surface area (Å²) in [6, 6.07) is 0. The maximum Gasteiger partial charge on any atom is -0.0357 e. The van der Waals surface area contributed by atoms with Gasteiger partial charge in [-0.2, -0.15) is 0 Å². The van der Waals surface area contributed by atoms with Crippen LogP contribution in [0.4, 0.5) is 0 Å². The second-order valence-corrected chi connectivity index (χ2v) is 8.73. The van der Waals surface area contributed by atoms with Gasteiger partial charge in [0.25, 0.3) is 0 Å². The van der Waals surface area contributed by atoms with Gasteiger partial charge in [-0.3, -0.25) is 0 Å². The fourth-order valence-corrected chi connectivity index (χ4v) is 6.07. The van der Waals surface area contributed by atoms with Crippen molar-refractivity contribution in [3.63, 3.8) is 0 Å². The second-order valence-electron chi connectivity index (χ2n) is 8.73. The van der Waals surface area contributed by atoms with E-state index in [1.54, 1.807) is 38.5 Å². The molecular formula is C21H38. The Morgan fingerprint density at radius 3 is 1.57 bits per heavy atom. The Morgan fingerprint density at radius 2 is 0.952 bits per heavy atom. The van der Waals surface area contributed by atoms with Crippen molar-refractivity contribution < 1.29 is 0 Å². The fourth-order valence-electron chi connectivity index (χ4n) is 6.07. The van der Waals surface area contributed by atoms with Crippen LogP contribution in [-0.2, 0) is 0 Å². The summed E-state index contributed by atoms with van der Waals surface area (Å²) < 4.78 is 0. The van der Waals surface area contributed by atoms with Crippen molar-refractivity contribution in [3.05, 3.63) is 0 Å². The van der Waals surface area contributed by atoms with Gasteiger partial charge in [-0.25, -0.2) is 0 Å². The van der Waals surface area contributed by atoms with Crippen LogP contribution in [0.5, 0.6) is 0 Å². The third-order valence-electron chi connectivity index (χ3n) is 7.30. The SMILES string of the molecule is CC1CC(C2CCCCCCCC2)CC1C1CCCCC1. The largest absolute Gasteiger partial charge is 0.0622 e. The molecule has 0 spiro atoms. The van der Waals surface area contributed by atoms with Crippen molar-refractivity contribution in [2.45, 2.75) is 103 Å².